The van der Waals surface area contributed by atoms with Crippen molar-refractivity contribution in [1.29, 1.82) is 0 Å². The van der Waals surface area contributed by atoms with Crippen LogP contribution in [0.4, 0.5) is 0 Å². The zero-order valence-electron chi connectivity index (χ0n) is 27.1. The summed E-state index contributed by atoms with van der Waals surface area (Å²) in [5.74, 6) is 6.93. The molecule has 5 rings (SSSR count). The van der Waals surface area contributed by atoms with Crippen LogP contribution in [0, 0.1) is 52.3 Å². The molecule has 0 saturated heterocycles. The van der Waals surface area contributed by atoms with Crippen molar-refractivity contribution in [2.75, 3.05) is 11.9 Å². The number of halogens is 1. The Hall–Kier alpha value is -1.29. The van der Waals surface area contributed by atoms with Crippen LogP contribution in [0.1, 0.15) is 117 Å². The lowest BCUT2D eigenvalue weighted by Gasteiger charge is -2.61. The summed E-state index contributed by atoms with van der Waals surface area (Å²) >= 11 is 3.27. The fourth-order valence-corrected chi connectivity index (χ4v) is 10.7. The molecule has 3 nitrogen and oxygen atoms in total. The van der Waals surface area contributed by atoms with Gasteiger partial charge in [0, 0.05) is 11.4 Å². The van der Waals surface area contributed by atoms with Crippen molar-refractivity contribution in [3.8, 4) is 5.75 Å². The number of benzene rings is 1. The summed E-state index contributed by atoms with van der Waals surface area (Å²) in [6.45, 7) is 13.1. The monoisotopic (exact) mass is 640 g/mol. The molecule has 0 spiro atoms. The summed E-state index contributed by atoms with van der Waals surface area (Å²) in [7, 11) is 0. The summed E-state index contributed by atoms with van der Waals surface area (Å²) in [5.41, 5.74) is 2.05. The van der Waals surface area contributed by atoms with Gasteiger partial charge in [0.15, 0.2) is 0 Å². The lowest BCUT2D eigenvalue weighted by molar-refractivity contribution is -0.137. The summed E-state index contributed by atoms with van der Waals surface area (Å²) < 4.78 is 11.7. The quantitative estimate of drug-likeness (QED) is 0.137. The summed E-state index contributed by atoms with van der Waals surface area (Å²) in [5, 5.41) is 0.652. The average molecular weight is 642 g/mol. The van der Waals surface area contributed by atoms with E-state index in [9.17, 15) is 4.79 Å². The number of esters is 1. The summed E-state index contributed by atoms with van der Waals surface area (Å²) in [6.07, 6.45) is 20.3. The van der Waals surface area contributed by atoms with E-state index >= 15 is 0 Å². The highest BCUT2D eigenvalue weighted by molar-refractivity contribution is 9.09. The Bertz CT molecular complexity index is 1060. The molecule has 0 radical (unpaired) electrons. The van der Waals surface area contributed by atoms with Crippen LogP contribution in [0.5, 0.6) is 5.75 Å². The van der Waals surface area contributed by atoms with Gasteiger partial charge in [0.1, 0.15) is 12.4 Å². The second kappa shape index (κ2) is 13.8. The molecule has 0 bridgehead atoms. The van der Waals surface area contributed by atoms with Crippen molar-refractivity contribution in [1.82, 2.24) is 0 Å². The van der Waals surface area contributed by atoms with Crippen LogP contribution in [-0.4, -0.2) is 24.0 Å². The molecule has 42 heavy (non-hydrogen) atoms. The van der Waals surface area contributed by atoms with Gasteiger partial charge in [0.05, 0.1) is 6.10 Å². The second-order valence-electron chi connectivity index (χ2n) is 15.5. The zero-order chi connectivity index (χ0) is 29.9. The summed E-state index contributed by atoms with van der Waals surface area (Å²) in [6, 6.07) is 8.16. The van der Waals surface area contributed by atoms with E-state index in [0.717, 1.165) is 52.7 Å². The molecule has 5 unspecified atom stereocenters. The Balaban J connectivity index is 1.16. The van der Waals surface area contributed by atoms with E-state index in [0.29, 0.717) is 28.9 Å². The third kappa shape index (κ3) is 6.84. The Morgan fingerprint density at radius 2 is 1.69 bits per heavy atom. The molecule has 234 valence electrons. The lowest BCUT2D eigenvalue weighted by atomic mass is 9.44. The Morgan fingerprint density at radius 1 is 0.952 bits per heavy atom. The van der Waals surface area contributed by atoms with Gasteiger partial charge in [0.25, 0.3) is 0 Å². The van der Waals surface area contributed by atoms with Gasteiger partial charge >= 0.3 is 5.97 Å². The van der Waals surface area contributed by atoms with E-state index in [2.05, 4.69) is 62.7 Å². The number of alkyl halides is 1. The molecule has 9 atom stereocenters. The van der Waals surface area contributed by atoms with Crippen LogP contribution >= 0.6 is 15.9 Å². The van der Waals surface area contributed by atoms with Gasteiger partial charge in [-0.25, -0.2) is 4.79 Å². The molecule has 4 heteroatoms. The van der Waals surface area contributed by atoms with Crippen molar-refractivity contribution >= 4 is 28.0 Å². The van der Waals surface area contributed by atoms with Crippen LogP contribution in [0.3, 0.4) is 0 Å². The molecule has 0 heterocycles. The Morgan fingerprint density at radius 3 is 2.43 bits per heavy atom. The molecule has 1 aromatic carbocycles. The van der Waals surface area contributed by atoms with Crippen LogP contribution in [-0.2, 0) is 9.53 Å². The minimum absolute atomic E-state index is 0.309. The van der Waals surface area contributed by atoms with E-state index in [1.807, 2.05) is 12.1 Å². The first-order chi connectivity index (χ1) is 20.1. The van der Waals surface area contributed by atoms with Crippen LogP contribution in [0.25, 0.3) is 6.08 Å². The Kier molecular flexibility index (Phi) is 10.5. The molecule has 0 amide bonds. The average Bonchev–Trinajstić information content (AvgIpc) is 3.33. The van der Waals surface area contributed by atoms with Crippen LogP contribution in [0.15, 0.2) is 30.3 Å². The highest BCUT2D eigenvalue weighted by Gasteiger charge is 2.60. The lowest BCUT2D eigenvalue weighted by Crippen LogP contribution is -2.54. The van der Waals surface area contributed by atoms with Crippen molar-refractivity contribution in [2.45, 2.75) is 118 Å². The molecule has 4 saturated carbocycles. The van der Waals surface area contributed by atoms with E-state index in [-0.39, 0.29) is 5.97 Å². The minimum atomic E-state index is -0.309. The number of hydrogen-bond acceptors (Lipinski definition) is 3. The Labute approximate surface area is 265 Å². The molecule has 4 fully saturated rings. The number of hydrogen-bond donors (Lipinski definition) is 0. The maximum atomic E-state index is 11.7. The number of rotatable bonds is 11. The molecular formula is C38H57BrO3. The predicted molar refractivity (Wildman–Crippen MR) is 178 cm³/mol. The van der Waals surface area contributed by atoms with Gasteiger partial charge in [-0.15, -0.1) is 0 Å². The number of carbonyl (C=O) groups is 1. The minimum Gasteiger partial charge on any atom is -0.490 e. The number of carbonyl (C=O) groups excluding carboxylic acids is 1. The third-order valence-electron chi connectivity index (χ3n) is 12.7. The van der Waals surface area contributed by atoms with Gasteiger partial charge in [-0.3, -0.25) is 0 Å². The molecule has 4 aliphatic carbocycles. The maximum absolute atomic E-state index is 11.7. The van der Waals surface area contributed by atoms with Gasteiger partial charge in [0.2, 0.25) is 0 Å². The fourth-order valence-electron chi connectivity index (χ4n) is 10.6. The first kappa shape index (κ1) is 32.1. The first-order valence-corrected chi connectivity index (χ1v) is 18.4. The van der Waals surface area contributed by atoms with Gasteiger partial charge in [-0.05, 0) is 134 Å². The van der Waals surface area contributed by atoms with Gasteiger partial charge < -0.3 is 9.47 Å². The zero-order valence-corrected chi connectivity index (χ0v) is 28.7. The largest absolute Gasteiger partial charge is 0.490 e. The molecular weight excluding hydrogens is 584 g/mol. The van der Waals surface area contributed by atoms with Crippen LogP contribution in [0.2, 0.25) is 0 Å². The van der Waals surface area contributed by atoms with E-state index in [4.69, 9.17) is 9.47 Å². The topological polar surface area (TPSA) is 35.5 Å². The predicted octanol–water partition coefficient (Wildman–Crippen LogP) is 10.5. The highest BCUT2D eigenvalue weighted by Crippen LogP contribution is 2.68. The van der Waals surface area contributed by atoms with Crippen molar-refractivity contribution in [3.05, 3.63) is 35.9 Å². The standard InChI is InChI=1S/C38H57BrO3/c1-26(2)7-6-8-27(3)33-16-17-34-32-15-12-29-25-31(19-21-37(29,4)35(32)20-22-38(33,34)5)42-30-13-9-28(10-14-30)11-18-36(40)41-24-23-39/h9-11,13-14,18,26-27,29,31-35H,6-8,12,15-17,19-25H2,1-5H3/t27-,29?,31?,32?,33-,34?,35?,37+,38-/m1/s1. The van der Waals surface area contributed by atoms with Gasteiger partial charge in [-0.2, -0.15) is 0 Å². The maximum Gasteiger partial charge on any atom is 0.330 e. The fraction of sp³-hybridized carbons (Fsp3) is 0.763. The smallest absolute Gasteiger partial charge is 0.330 e. The van der Waals surface area contributed by atoms with Crippen molar-refractivity contribution in [3.63, 3.8) is 0 Å². The normalized spacial score (nSPS) is 36.7. The SMILES string of the molecule is CC(C)CCC[C@@H](C)[C@H]1CCC2C3CCC4CC(Oc5ccc(C=CC(=O)OCCBr)cc5)CC[C@]4(C)C3CC[C@@]21C. The molecule has 4 aliphatic rings. The van der Waals surface area contributed by atoms with E-state index in [1.54, 1.807) is 6.08 Å². The first-order valence-electron chi connectivity index (χ1n) is 17.3. The van der Waals surface area contributed by atoms with Crippen molar-refractivity contribution in [2.24, 2.45) is 52.3 Å². The molecule has 1 aromatic rings. The van der Waals surface area contributed by atoms with E-state index < -0.39 is 0 Å². The van der Waals surface area contributed by atoms with Crippen molar-refractivity contribution < 1.29 is 14.3 Å². The van der Waals surface area contributed by atoms with Gasteiger partial charge in [-0.1, -0.05) is 81.9 Å². The summed E-state index contributed by atoms with van der Waals surface area (Å²) in [4.78, 5) is 11.7. The number of fused-ring (bicyclic) bond motifs is 5. The molecule has 0 aliphatic heterocycles. The second-order valence-corrected chi connectivity index (χ2v) is 16.3. The molecule has 0 N–H and O–H groups in total. The number of ether oxygens (including phenoxy) is 2. The van der Waals surface area contributed by atoms with E-state index in [1.165, 1.54) is 83.1 Å². The highest BCUT2D eigenvalue weighted by atomic mass is 79.9. The van der Waals surface area contributed by atoms with Crippen LogP contribution < -0.4 is 4.74 Å². The molecule has 0 aromatic heterocycles. The third-order valence-corrected chi connectivity index (χ3v) is 13.1.